The molecule has 60 valence electrons. The van der Waals surface area contributed by atoms with Gasteiger partial charge in [0, 0.05) is 12.6 Å². The van der Waals surface area contributed by atoms with E-state index in [-0.39, 0.29) is 0 Å². The van der Waals surface area contributed by atoms with Crippen LogP contribution < -0.4 is 5.32 Å². The molecule has 0 aromatic rings. The molecular formula is C8H18N2. The van der Waals surface area contributed by atoms with Crippen LogP contribution in [0.15, 0.2) is 0 Å². The molecule has 0 unspecified atom stereocenters. The fourth-order valence-corrected chi connectivity index (χ4v) is 1.69. The van der Waals surface area contributed by atoms with Crippen molar-refractivity contribution >= 4 is 0 Å². The molecule has 0 amide bonds. The van der Waals surface area contributed by atoms with Gasteiger partial charge in [-0.2, -0.15) is 0 Å². The molecule has 0 spiro atoms. The Morgan fingerprint density at radius 2 is 2.20 bits per heavy atom. The van der Waals surface area contributed by atoms with Crippen molar-refractivity contribution in [3.05, 3.63) is 0 Å². The van der Waals surface area contributed by atoms with Gasteiger partial charge in [0.15, 0.2) is 0 Å². The highest BCUT2D eigenvalue weighted by Crippen LogP contribution is 2.13. The quantitative estimate of drug-likeness (QED) is 0.605. The SMILES string of the molecule is C[C@@H]1C[C@@H](CN(C)C)CN1. The molecule has 0 aromatic carbocycles. The van der Waals surface area contributed by atoms with Gasteiger partial charge in [-0.05, 0) is 39.9 Å². The Hall–Kier alpha value is -0.0800. The van der Waals surface area contributed by atoms with Crippen molar-refractivity contribution in [1.29, 1.82) is 0 Å². The van der Waals surface area contributed by atoms with Crippen LogP contribution in [0.3, 0.4) is 0 Å². The van der Waals surface area contributed by atoms with Gasteiger partial charge < -0.3 is 10.2 Å². The van der Waals surface area contributed by atoms with Crippen molar-refractivity contribution in [2.24, 2.45) is 5.92 Å². The number of nitrogens with zero attached hydrogens (tertiary/aromatic N) is 1. The fourth-order valence-electron chi connectivity index (χ4n) is 1.69. The van der Waals surface area contributed by atoms with E-state index in [0.29, 0.717) is 0 Å². The molecule has 2 atom stereocenters. The van der Waals surface area contributed by atoms with E-state index in [9.17, 15) is 0 Å². The third kappa shape index (κ3) is 2.27. The minimum Gasteiger partial charge on any atom is -0.314 e. The second kappa shape index (κ2) is 3.35. The monoisotopic (exact) mass is 142 g/mol. The van der Waals surface area contributed by atoms with Gasteiger partial charge in [-0.25, -0.2) is 0 Å². The molecule has 2 heteroatoms. The van der Waals surface area contributed by atoms with Crippen LogP contribution in [0.25, 0.3) is 0 Å². The molecule has 1 aliphatic heterocycles. The lowest BCUT2D eigenvalue weighted by Gasteiger charge is -2.14. The highest BCUT2D eigenvalue weighted by molar-refractivity contribution is 4.79. The van der Waals surface area contributed by atoms with Crippen LogP contribution in [0, 0.1) is 5.92 Å². The molecule has 1 fully saturated rings. The third-order valence-electron chi connectivity index (χ3n) is 2.07. The lowest BCUT2D eigenvalue weighted by molar-refractivity contribution is 0.336. The molecule has 1 N–H and O–H groups in total. The number of hydrogen-bond donors (Lipinski definition) is 1. The van der Waals surface area contributed by atoms with Crippen molar-refractivity contribution in [3.63, 3.8) is 0 Å². The number of hydrogen-bond acceptors (Lipinski definition) is 2. The van der Waals surface area contributed by atoms with Gasteiger partial charge in [0.2, 0.25) is 0 Å². The Balaban J connectivity index is 2.18. The van der Waals surface area contributed by atoms with Crippen LogP contribution >= 0.6 is 0 Å². The minimum atomic E-state index is 0.741. The Bertz CT molecular complexity index is 101. The second-order valence-corrected chi connectivity index (χ2v) is 3.67. The van der Waals surface area contributed by atoms with E-state index in [4.69, 9.17) is 0 Å². The Morgan fingerprint density at radius 3 is 2.60 bits per heavy atom. The molecule has 0 aromatic heterocycles. The summed E-state index contributed by atoms with van der Waals surface area (Å²) in [6.45, 7) is 4.70. The van der Waals surface area contributed by atoms with Crippen LogP contribution in [-0.2, 0) is 0 Å². The molecule has 1 saturated heterocycles. The van der Waals surface area contributed by atoms with Gasteiger partial charge in [-0.1, -0.05) is 0 Å². The van der Waals surface area contributed by atoms with E-state index in [1.54, 1.807) is 0 Å². The predicted octanol–water partition coefficient (Wildman–Crippen LogP) is 0.546. The summed E-state index contributed by atoms with van der Waals surface area (Å²) >= 11 is 0. The van der Waals surface area contributed by atoms with Gasteiger partial charge in [0.1, 0.15) is 0 Å². The summed E-state index contributed by atoms with van der Waals surface area (Å²) in [4.78, 5) is 2.27. The molecule has 1 aliphatic rings. The lowest BCUT2D eigenvalue weighted by Crippen LogP contribution is -2.23. The average Bonchev–Trinajstić information content (AvgIpc) is 2.13. The van der Waals surface area contributed by atoms with Gasteiger partial charge in [0.25, 0.3) is 0 Å². The highest BCUT2D eigenvalue weighted by Gasteiger charge is 2.20. The first kappa shape index (κ1) is 8.02. The number of nitrogens with one attached hydrogen (secondary N) is 1. The highest BCUT2D eigenvalue weighted by atomic mass is 15.1. The molecule has 2 nitrogen and oxygen atoms in total. The van der Waals surface area contributed by atoms with Gasteiger partial charge in [0.05, 0.1) is 0 Å². The first-order chi connectivity index (χ1) is 4.68. The summed E-state index contributed by atoms with van der Waals surface area (Å²) in [6, 6.07) is 0.741. The van der Waals surface area contributed by atoms with Crippen molar-refractivity contribution < 1.29 is 0 Å². The summed E-state index contributed by atoms with van der Waals surface area (Å²) in [7, 11) is 4.28. The topological polar surface area (TPSA) is 15.3 Å². The lowest BCUT2D eigenvalue weighted by atomic mass is 10.1. The zero-order chi connectivity index (χ0) is 7.56. The maximum Gasteiger partial charge on any atom is 0.00424 e. The predicted molar refractivity (Wildman–Crippen MR) is 44.1 cm³/mol. The molecular weight excluding hydrogens is 124 g/mol. The van der Waals surface area contributed by atoms with Crippen molar-refractivity contribution in [1.82, 2.24) is 10.2 Å². The van der Waals surface area contributed by atoms with E-state index in [2.05, 4.69) is 31.2 Å². The minimum absolute atomic E-state index is 0.741. The van der Waals surface area contributed by atoms with Crippen LogP contribution in [0.2, 0.25) is 0 Å². The van der Waals surface area contributed by atoms with E-state index in [0.717, 1.165) is 12.0 Å². The zero-order valence-electron chi connectivity index (χ0n) is 7.22. The van der Waals surface area contributed by atoms with Crippen LogP contribution in [0.1, 0.15) is 13.3 Å². The molecule has 0 saturated carbocycles. The van der Waals surface area contributed by atoms with Gasteiger partial charge in [-0.3, -0.25) is 0 Å². The molecule has 1 rings (SSSR count). The second-order valence-electron chi connectivity index (χ2n) is 3.67. The van der Waals surface area contributed by atoms with Crippen LogP contribution in [0.4, 0.5) is 0 Å². The average molecular weight is 142 g/mol. The normalized spacial score (nSPS) is 33.6. The molecule has 0 aliphatic carbocycles. The maximum atomic E-state index is 3.45. The molecule has 0 radical (unpaired) electrons. The fraction of sp³-hybridized carbons (Fsp3) is 1.00. The summed E-state index contributed by atoms with van der Waals surface area (Å²) in [5.74, 6) is 0.880. The zero-order valence-corrected chi connectivity index (χ0v) is 7.22. The molecule has 1 heterocycles. The van der Waals surface area contributed by atoms with Gasteiger partial charge >= 0.3 is 0 Å². The molecule has 0 bridgehead atoms. The first-order valence-corrected chi connectivity index (χ1v) is 4.06. The first-order valence-electron chi connectivity index (χ1n) is 4.06. The smallest absolute Gasteiger partial charge is 0.00424 e. The van der Waals surface area contributed by atoms with E-state index < -0.39 is 0 Å². The molecule has 10 heavy (non-hydrogen) atoms. The Morgan fingerprint density at radius 1 is 1.50 bits per heavy atom. The van der Waals surface area contributed by atoms with Crippen molar-refractivity contribution in [2.45, 2.75) is 19.4 Å². The van der Waals surface area contributed by atoms with Gasteiger partial charge in [-0.15, -0.1) is 0 Å². The summed E-state index contributed by atoms with van der Waals surface area (Å²) in [5.41, 5.74) is 0. The summed E-state index contributed by atoms with van der Waals surface area (Å²) in [6.07, 6.45) is 1.35. The largest absolute Gasteiger partial charge is 0.314 e. The van der Waals surface area contributed by atoms with Crippen LogP contribution in [0.5, 0.6) is 0 Å². The van der Waals surface area contributed by atoms with E-state index >= 15 is 0 Å². The standard InChI is InChI=1S/C8H18N2/c1-7-4-8(5-9-7)6-10(2)3/h7-9H,4-6H2,1-3H3/t7-,8-/m1/s1. The van der Waals surface area contributed by atoms with Crippen molar-refractivity contribution in [2.75, 3.05) is 27.2 Å². The number of rotatable bonds is 2. The summed E-state index contributed by atoms with van der Waals surface area (Å²) in [5, 5.41) is 3.45. The Kier molecular flexibility index (Phi) is 2.69. The third-order valence-corrected chi connectivity index (χ3v) is 2.07. The Labute approximate surface area is 63.6 Å². The summed E-state index contributed by atoms with van der Waals surface area (Å²) < 4.78 is 0. The van der Waals surface area contributed by atoms with E-state index in [1.165, 1.54) is 19.5 Å². The van der Waals surface area contributed by atoms with E-state index in [1.807, 2.05) is 0 Å². The van der Waals surface area contributed by atoms with Crippen molar-refractivity contribution in [3.8, 4) is 0 Å². The van der Waals surface area contributed by atoms with Crippen LogP contribution in [-0.4, -0.2) is 38.1 Å². The maximum absolute atomic E-state index is 3.45.